The Labute approximate surface area is 115 Å². The lowest BCUT2D eigenvalue weighted by Crippen LogP contribution is -2.40. The molecule has 20 heavy (non-hydrogen) atoms. The topological polar surface area (TPSA) is 98.7 Å². The molecule has 4 amide bonds. The van der Waals surface area contributed by atoms with E-state index < -0.39 is 17.8 Å². The highest BCUT2D eigenvalue weighted by atomic mass is 16.3. The maximum atomic E-state index is 11.7. The van der Waals surface area contributed by atoms with Crippen molar-refractivity contribution in [2.45, 2.75) is 13.2 Å². The van der Waals surface area contributed by atoms with Crippen molar-refractivity contribution in [3.63, 3.8) is 0 Å². The van der Waals surface area contributed by atoms with Gasteiger partial charge in [0.1, 0.15) is 6.54 Å². The van der Waals surface area contributed by atoms with Crippen molar-refractivity contribution in [1.82, 2.24) is 15.5 Å². The Morgan fingerprint density at radius 2 is 1.90 bits per heavy atom. The van der Waals surface area contributed by atoms with Gasteiger partial charge in [-0.25, -0.2) is 4.79 Å². The maximum Gasteiger partial charge on any atom is 0.325 e. The van der Waals surface area contributed by atoms with Gasteiger partial charge in [-0.2, -0.15) is 0 Å². The third-order valence-electron chi connectivity index (χ3n) is 2.93. The van der Waals surface area contributed by atoms with E-state index in [1.165, 1.54) is 0 Å². The summed E-state index contributed by atoms with van der Waals surface area (Å²) in [4.78, 5) is 35.1. The SMILES string of the molecule is O=C(CN1C(=O)CNC1=O)NCc1ccc(CO)cc1. The van der Waals surface area contributed by atoms with E-state index in [9.17, 15) is 14.4 Å². The number of benzene rings is 1. The lowest BCUT2D eigenvalue weighted by atomic mass is 10.1. The first-order valence-corrected chi connectivity index (χ1v) is 6.13. The average Bonchev–Trinajstić information content (AvgIpc) is 2.77. The van der Waals surface area contributed by atoms with Crippen LogP contribution in [0.25, 0.3) is 0 Å². The van der Waals surface area contributed by atoms with Crippen LogP contribution < -0.4 is 10.6 Å². The first-order valence-electron chi connectivity index (χ1n) is 6.13. The van der Waals surface area contributed by atoms with Crippen LogP contribution in [0.4, 0.5) is 4.79 Å². The first-order chi connectivity index (χ1) is 9.60. The number of hydrogen-bond donors (Lipinski definition) is 3. The van der Waals surface area contributed by atoms with E-state index in [0.29, 0.717) is 6.54 Å². The van der Waals surface area contributed by atoms with Crippen molar-refractivity contribution in [1.29, 1.82) is 0 Å². The molecule has 0 atom stereocenters. The monoisotopic (exact) mass is 277 g/mol. The van der Waals surface area contributed by atoms with Gasteiger partial charge in [-0.3, -0.25) is 14.5 Å². The van der Waals surface area contributed by atoms with Crippen LogP contribution in [0.5, 0.6) is 0 Å². The van der Waals surface area contributed by atoms with Crippen LogP contribution in [0.1, 0.15) is 11.1 Å². The number of imide groups is 1. The van der Waals surface area contributed by atoms with Crippen molar-refractivity contribution in [3.8, 4) is 0 Å². The molecule has 0 spiro atoms. The molecule has 1 saturated heterocycles. The number of carbonyl (C=O) groups excluding carboxylic acids is 3. The number of amides is 4. The van der Waals surface area contributed by atoms with Crippen molar-refractivity contribution < 1.29 is 19.5 Å². The summed E-state index contributed by atoms with van der Waals surface area (Å²) in [6.45, 7) is -0.0683. The van der Waals surface area contributed by atoms with E-state index in [1.807, 2.05) is 0 Å². The molecule has 0 bridgehead atoms. The van der Waals surface area contributed by atoms with Crippen LogP contribution in [0.3, 0.4) is 0 Å². The maximum absolute atomic E-state index is 11.7. The smallest absolute Gasteiger partial charge is 0.325 e. The van der Waals surface area contributed by atoms with Crippen molar-refractivity contribution in [2.75, 3.05) is 13.1 Å². The molecule has 7 nitrogen and oxygen atoms in total. The number of hydrogen-bond acceptors (Lipinski definition) is 4. The van der Waals surface area contributed by atoms with E-state index in [-0.39, 0.29) is 19.7 Å². The van der Waals surface area contributed by atoms with E-state index >= 15 is 0 Å². The number of carbonyl (C=O) groups is 3. The zero-order valence-corrected chi connectivity index (χ0v) is 10.8. The van der Waals surface area contributed by atoms with Crippen molar-refractivity contribution in [2.24, 2.45) is 0 Å². The Kier molecular flexibility index (Phi) is 4.31. The van der Waals surface area contributed by atoms with Crippen LogP contribution in [0.15, 0.2) is 24.3 Å². The summed E-state index contributed by atoms with van der Waals surface area (Å²) in [5, 5.41) is 13.9. The standard InChI is InChI=1S/C13H15N3O4/c17-8-10-3-1-9(2-4-10)5-14-11(18)7-16-12(19)6-15-13(16)20/h1-4,17H,5-8H2,(H,14,18)(H,15,20). The summed E-state index contributed by atoms with van der Waals surface area (Å²) in [7, 11) is 0. The molecular weight excluding hydrogens is 262 g/mol. The molecule has 7 heteroatoms. The number of nitrogens with zero attached hydrogens (tertiary/aromatic N) is 1. The molecule has 106 valence electrons. The molecule has 1 heterocycles. The van der Waals surface area contributed by atoms with Gasteiger partial charge < -0.3 is 15.7 Å². The predicted octanol–water partition coefficient (Wildman–Crippen LogP) is -0.653. The quantitative estimate of drug-likeness (QED) is 0.623. The highest BCUT2D eigenvalue weighted by Crippen LogP contribution is 2.04. The molecule has 0 radical (unpaired) electrons. The summed E-state index contributed by atoms with van der Waals surface area (Å²) in [5.74, 6) is -0.806. The number of aliphatic hydroxyl groups excluding tert-OH is 1. The third-order valence-corrected chi connectivity index (χ3v) is 2.93. The van der Waals surface area contributed by atoms with Crippen LogP contribution >= 0.6 is 0 Å². The Balaban J connectivity index is 1.82. The molecule has 2 rings (SSSR count). The highest BCUT2D eigenvalue weighted by Gasteiger charge is 2.29. The number of nitrogens with one attached hydrogen (secondary N) is 2. The minimum atomic E-state index is -0.544. The second-order valence-corrected chi connectivity index (χ2v) is 4.39. The summed E-state index contributed by atoms with van der Waals surface area (Å²) in [6, 6.07) is 6.56. The van der Waals surface area contributed by atoms with E-state index in [1.54, 1.807) is 24.3 Å². The molecule has 1 aromatic rings. The van der Waals surface area contributed by atoms with Gasteiger partial charge in [0.2, 0.25) is 5.91 Å². The molecular formula is C13H15N3O4. The predicted molar refractivity (Wildman–Crippen MR) is 69.3 cm³/mol. The molecule has 0 unspecified atom stereocenters. The van der Waals surface area contributed by atoms with E-state index in [2.05, 4.69) is 10.6 Å². The fourth-order valence-electron chi connectivity index (χ4n) is 1.78. The number of rotatable bonds is 5. The molecule has 1 aliphatic heterocycles. The van der Waals surface area contributed by atoms with Crippen molar-refractivity contribution in [3.05, 3.63) is 35.4 Å². The lowest BCUT2D eigenvalue weighted by Gasteiger charge is -2.12. The molecule has 3 N–H and O–H groups in total. The van der Waals surface area contributed by atoms with E-state index in [4.69, 9.17) is 5.11 Å². The van der Waals surface area contributed by atoms with Gasteiger partial charge in [0.05, 0.1) is 13.2 Å². The zero-order chi connectivity index (χ0) is 14.5. The molecule has 1 aliphatic rings. The Morgan fingerprint density at radius 3 is 2.45 bits per heavy atom. The van der Waals surface area contributed by atoms with Crippen LogP contribution in [0.2, 0.25) is 0 Å². The Bertz CT molecular complexity index is 511. The summed E-state index contributed by atoms with van der Waals surface area (Å²) < 4.78 is 0. The van der Waals surface area contributed by atoms with Gasteiger partial charge in [0, 0.05) is 6.54 Å². The second kappa shape index (κ2) is 6.16. The second-order valence-electron chi connectivity index (χ2n) is 4.39. The van der Waals surface area contributed by atoms with Crippen molar-refractivity contribution >= 4 is 17.8 Å². The van der Waals surface area contributed by atoms with Gasteiger partial charge in [-0.05, 0) is 11.1 Å². The largest absolute Gasteiger partial charge is 0.392 e. The molecule has 1 aromatic carbocycles. The summed E-state index contributed by atoms with van der Waals surface area (Å²) in [6.07, 6.45) is 0. The molecule has 0 aliphatic carbocycles. The minimum Gasteiger partial charge on any atom is -0.392 e. The average molecular weight is 277 g/mol. The van der Waals surface area contributed by atoms with Gasteiger partial charge in [-0.1, -0.05) is 24.3 Å². The lowest BCUT2D eigenvalue weighted by molar-refractivity contribution is -0.130. The van der Waals surface area contributed by atoms with Crippen LogP contribution in [-0.2, 0) is 22.7 Å². The van der Waals surface area contributed by atoms with Gasteiger partial charge in [-0.15, -0.1) is 0 Å². The number of aliphatic hydroxyl groups is 1. The highest BCUT2D eigenvalue weighted by molar-refractivity contribution is 6.04. The molecule has 0 saturated carbocycles. The molecule has 0 aromatic heterocycles. The fourth-order valence-corrected chi connectivity index (χ4v) is 1.78. The summed E-state index contributed by atoms with van der Waals surface area (Å²) in [5.41, 5.74) is 1.66. The summed E-state index contributed by atoms with van der Waals surface area (Å²) >= 11 is 0. The van der Waals surface area contributed by atoms with Gasteiger partial charge >= 0.3 is 6.03 Å². The molecule has 1 fully saturated rings. The fraction of sp³-hybridized carbons (Fsp3) is 0.308. The van der Waals surface area contributed by atoms with Gasteiger partial charge in [0.15, 0.2) is 0 Å². The van der Waals surface area contributed by atoms with Crippen LogP contribution in [-0.4, -0.2) is 40.9 Å². The minimum absolute atomic E-state index is 0.0289. The van der Waals surface area contributed by atoms with Crippen LogP contribution in [0, 0.1) is 0 Å². The third kappa shape index (κ3) is 3.33. The zero-order valence-electron chi connectivity index (χ0n) is 10.8. The Hall–Kier alpha value is -2.41. The van der Waals surface area contributed by atoms with E-state index in [0.717, 1.165) is 16.0 Å². The number of urea groups is 1. The Morgan fingerprint density at radius 1 is 1.25 bits per heavy atom. The first kappa shape index (κ1) is 14.0. The normalized spacial score (nSPS) is 14.3. The van der Waals surface area contributed by atoms with Gasteiger partial charge in [0.25, 0.3) is 5.91 Å².